The van der Waals surface area contributed by atoms with Crippen molar-refractivity contribution in [2.75, 3.05) is 13.9 Å². The zero-order valence-corrected chi connectivity index (χ0v) is 19.9. The summed E-state index contributed by atoms with van der Waals surface area (Å²) in [5, 5.41) is 0. The number of hydrogen-bond acceptors (Lipinski definition) is 7. The molecule has 0 N–H and O–H groups in total. The highest BCUT2D eigenvalue weighted by molar-refractivity contribution is 9.10. The Bertz CT molecular complexity index is 1340. The number of ether oxygens (including phenoxy) is 5. The highest BCUT2D eigenvalue weighted by Gasteiger charge is 2.31. The van der Waals surface area contributed by atoms with Gasteiger partial charge in [0.25, 0.3) is 0 Å². The Balaban J connectivity index is 1.43. The second kappa shape index (κ2) is 8.96. The van der Waals surface area contributed by atoms with Crippen LogP contribution in [-0.4, -0.2) is 25.7 Å². The molecule has 7 nitrogen and oxygen atoms in total. The zero-order chi connectivity index (χ0) is 23.8. The third-order valence-electron chi connectivity index (χ3n) is 5.56. The Labute approximate surface area is 204 Å². The van der Waals surface area contributed by atoms with Gasteiger partial charge in [0.2, 0.25) is 5.78 Å². The Morgan fingerprint density at radius 1 is 1.09 bits per heavy atom. The molecule has 0 radical (unpaired) electrons. The Morgan fingerprint density at radius 2 is 1.88 bits per heavy atom. The molecule has 0 aromatic heterocycles. The van der Waals surface area contributed by atoms with Crippen LogP contribution in [0.3, 0.4) is 0 Å². The molecular formula is C26H19BrO7. The van der Waals surface area contributed by atoms with Crippen LogP contribution in [-0.2, 0) is 11.3 Å². The van der Waals surface area contributed by atoms with E-state index in [1.165, 1.54) is 0 Å². The summed E-state index contributed by atoms with van der Waals surface area (Å²) in [4.78, 5) is 25.6. The molecule has 2 aliphatic heterocycles. The van der Waals surface area contributed by atoms with Crippen LogP contribution < -0.4 is 18.9 Å². The van der Waals surface area contributed by atoms with Crippen molar-refractivity contribution in [1.29, 1.82) is 0 Å². The predicted octanol–water partition coefficient (Wildman–Crippen LogP) is 5.47. The normalized spacial score (nSPS) is 15.3. The van der Waals surface area contributed by atoms with E-state index in [2.05, 4.69) is 15.9 Å². The molecule has 34 heavy (non-hydrogen) atoms. The van der Waals surface area contributed by atoms with Crippen molar-refractivity contribution in [3.63, 3.8) is 0 Å². The number of esters is 1. The van der Waals surface area contributed by atoms with Crippen molar-refractivity contribution in [1.82, 2.24) is 0 Å². The van der Waals surface area contributed by atoms with Crippen molar-refractivity contribution >= 4 is 33.8 Å². The summed E-state index contributed by atoms with van der Waals surface area (Å²) in [5.41, 5.74) is 2.91. The summed E-state index contributed by atoms with van der Waals surface area (Å²) in [7, 11) is 1.55. The van der Waals surface area contributed by atoms with Crippen LogP contribution in [0.2, 0.25) is 0 Å². The molecule has 0 fully saturated rings. The van der Waals surface area contributed by atoms with Gasteiger partial charge in [0.15, 0.2) is 12.6 Å². The topological polar surface area (TPSA) is 80.3 Å². The third-order valence-corrected chi connectivity index (χ3v) is 6.01. The largest absolute Gasteiger partial charge is 0.497 e. The average Bonchev–Trinajstić information content (AvgIpc) is 3.16. The monoisotopic (exact) mass is 522 g/mol. The third kappa shape index (κ3) is 4.06. The van der Waals surface area contributed by atoms with Gasteiger partial charge in [-0.15, -0.1) is 0 Å². The number of carbonyl (C=O) groups excluding carboxylic acids is 2. The number of fused-ring (bicyclic) bond motifs is 2. The fraction of sp³-hybridized carbons (Fsp3) is 0.154. The van der Waals surface area contributed by atoms with Gasteiger partial charge in [-0.05, 0) is 61.5 Å². The summed E-state index contributed by atoms with van der Waals surface area (Å²) in [6.45, 7) is 2.30. The lowest BCUT2D eigenvalue weighted by molar-refractivity contribution is -0.0165. The van der Waals surface area contributed by atoms with Crippen molar-refractivity contribution in [2.45, 2.75) is 13.5 Å². The van der Waals surface area contributed by atoms with E-state index in [1.54, 1.807) is 56.5 Å². The van der Waals surface area contributed by atoms with E-state index in [0.717, 1.165) is 10.0 Å². The smallest absolute Gasteiger partial charge is 0.343 e. The van der Waals surface area contributed by atoms with Crippen LogP contribution in [0.1, 0.15) is 37.4 Å². The van der Waals surface area contributed by atoms with Crippen LogP contribution in [0.5, 0.6) is 23.0 Å². The first kappa shape index (κ1) is 22.2. The number of rotatable bonds is 4. The quantitative estimate of drug-likeness (QED) is 0.255. The Kier molecular flexibility index (Phi) is 5.85. The summed E-state index contributed by atoms with van der Waals surface area (Å²) in [6.07, 6.45) is 1.65. The van der Waals surface area contributed by atoms with Crippen LogP contribution in [0, 0.1) is 6.92 Å². The SMILES string of the molecule is COc1ccc(C(=O)Oc2ccc3c(c2C)O/C(=C\c2cc(Br)cc4c2OCOC4)C3=O)cc1. The van der Waals surface area contributed by atoms with Gasteiger partial charge in [-0.25, -0.2) is 4.79 Å². The van der Waals surface area contributed by atoms with Gasteiger partial charge in [0, 0.05) is 21.2 Å². The molecule has 2 aliphatic rings. The van der Waals surface area contributed by atoms with E-state index in [4.69, 9.17) is 23.7 Å². The molecule has 0 unspecified atom stereocenters. The molecule has 3 aromatic carbocycles. The first-order valence-corrected chi connectivity index (χ1v) is 11.2. The molecule has 2 heterocycles. The molecule has 0 spiro atoms. The van der Waals surface area contributed by atoms with Gasteiger partial charge in [0.1, 0.15) is 23.0 Å². The van der Waals surface area contributed by atoms with E-state index in [-0.39, 0.29) is 18.3 Å². The van der Waals surface area contributed by atoms with E-state index < -0.39 is 5.97 Å². The molecule has 5 rings (SSSR count). The lowest BCUT2D eigenvalue weighted by atomic mass is 10.0. The van der Waals surface area contributed by atoms with Gasteiger partial charge in [0.05, 0.1) is 24.8 Å². The summed E-state index contributed by atoms with van der Waals surface area (Å²) in [5.74, 6) is 1.35. The lowest BCUT2D eigenvalue weighted by Crippen LogP contribution is -2.12. The minimum atomic E-state index is -0.522. The molecule has 0 aliphatic carbocycles. The summed E-state index contributed by atoms with van der Waals surface area (Å²) >= 11 is 3.48. The highest BCUT2D eigenvalue weighted by Crippen LogP contribution is 2.41. The van der Waals surface area contributed by atoms with Crippen molar-refractivity contribution in [2.24, 2.45) is 0 Å². The summed E-state index contributed by atoms with van der Waals surface area (Å²) < 4.78 is 28.5. The molecule has 8 heteroatoms. The molecule has 0 bridgehead atoms. The van der Waals surface area contributed by atoms with E-state index in [1.807, 2.05) is 12.1 Å². The first-order chi connectivity index (χ1) is 16.4. The van der Waals surface area contributed by atoms with Crippen LogP contribution in [0.15, 0.2) is 58.8 Å². The van der Waals surface area contributed by atoms with Crippen LogP contribution in [0.4, 0.5) is 0 Å². The fourth-order valence-corrected chi connectivity index (χ4v) is 4.34. The molecule has 3 aromatic rings. The number of benzene rings is 3. The molecule has 0 saturated carbocycles. The lowest BCUT2D eigenvalue weighted by Gasteiger charge is -2.20. The maximum atomic E-state index is 13.0. The standard InChI is InChI=1S/C26H19BrO7/c1-14-21(34-26(29)15-3-5-19(30-2)6-4-15)8-7-20-23(28)22(33-24(14)20)11-16-9-18(27)10-17-12-31-13-32-25(16)17/h3-11H,12-13H2,1-2H3/b22-11-. The zero-order valence-electron chi connectivity index (χ0n) is 18.3. The Hall–Kier alpha value is -3.62. The van der Waals surface area contributed by atoms with Crippen LogP contribution in [0.25, 0.3) is 6.08 Å². The van der Waals surface area contributed by atoms with Gasteiger partial charge in [-0.1, -0.05) is 15.9 Å². The van der Waals surface area contributed by atoms with Gasteiger partial charge in [-0.2, -0.15) is 0 Å². The predicted molar refractivity (Wildman–Crippen MR) is 126 cm³/mol. The number of methoxy groups -OCH3 is 1. The molecule has 0 amide bonds. The number of allylic oxidation sites excluding steroid dienone is 1. The van der Waals surface area contributed by atoms with Gasteiger partial charge in [-0.3, -0.25) is 4.79 Å². The second-order valence-electron chi connectivity index (χ2n) is 7.72. The minimum absolute atomic E-state index is 0.141. The van der Waals surface area contributed by atoms with Crippen molar-refractivity contribution in [3.8, 4) is 23.0 Å². The number of hydrogen-bond donors (Lipinski definition) is 0. The second-order valence-corrected chi connectivity index (χ2v) is 8.63. The number of halogens is 1. The van der Waals surface area contributed by atoms with E-state index in [9.17, 15) is 9.59 Å². The number of carbonyl (C=O) groups is 2. The number of ketones is 1. The molecule has 0 saturated heterocycles. The minimum Gasteiger partial charge on any atom is -0.497 e. The van der Waals surface area contributed by atoms with Crippen molar-refractivity contribution in [3.05, 3.63) is 86.6 Å². The fourth-order valence-electron chi connectivity index (χ4n) is 3.82. The summed E-state index contributed by atoms with van der Waals surface area (Å²) in [6, 6.07) is 13.6. The number of Topliss-reactive ketones (excluding diaryl/α,β-unsaturated/α-hetero) is 1. The van der Waals surface area contributed by atoms with Gasteiger partial charge < -0.3 is 23.7 Å². The van der Waals surface area contributed by atoms with E-state index in [0.29, 0.717) is 51.9 Å². The first-order valence-electron chi connectivity index (χ1n) is 10.4. The molecule has 172 valence electrons. The van der Waals surface area contributed by atoms with Crippen LogP contribution >= 0.6 is 15.9 Å². The maximum Gasteiger partial charge on any atom is 0.343 e. The Morgan fingerprint density at radius 3 is 2.65 bits per heavy atom. The molecule has 0 atom stereocenters. The van der Waals surface area contributed by atoms with E-state index >= 15 is 0 Å². The highest BCUT2D eigenvalue weighted by atomic mass is 79.9. The molecular weight excluding hydrogens is 504 g/mol. The maximum absolute atomic E-state index is 13.0. The van der Waals surface area contributed by atoms with Gasteiger partial charge >= 0.3 is 5.97 Å². The average molecular weight is 523 g/mol. The van der Waals surface area contributed by atoms with Crippen molar-refractivity contribution < 1.29 is 33.3 Å².